The van der Waals surface area contributed by atoms with E-state index in [1.54, 1.807) is 0 Å². The summed E-state index contributed by atoms with van der Waals surface area (Å²) >= 11 is 0. The van der Waals surface area contributed by atoms with Crippen LogP contribution in [0.15, 0.2) is 0 Å². The van der Waals surface area contributed by atoms with Crippen molar-refractivity contribution in [1.82, 2.24) is 0 Å². The number of carbonyl (C=O) groups is 2. The van der Waals surface area contributed by atoms with Crippen molar-refractivity contribution in [3.8, 4) is 0 Å². The second-order valence-corrected chi connectivity index (χ2v) is 8.03. The van der Waals surface area contributed by atoms with Gasteiger partial charge >= 0.3 is 11.9 Å². The minimum absolute atomic E-state index is 0.199. The molecule has 5 heteroatoms. The van der Waals surface area contributed by atoms with Crippen LogP contribution in [0.4, 0.5) is 0 Å². The molecule has 0 fully saturated rings. The number of unbranched alkanes of at least 4 members (excludes halogenated alkanes) is 12. The van der Waals surface area contributed by atoms with Gasteiger partial charge in [-0.2, -0.15) is 0 Å². The van der Waals surface area contributed by atoms with Gasteiger partial charge in [-0.25, -0.2) is 9.59 Å². The van der Waals surface area contributed by atoms with Gasteiger partial charge in [-0.1, -0.05) is 97.8 Å². The average molecular weight is 401 g/mol. The molecule has 0 bridgehead atoms. The summed E-state index contributed by atoms with van der Waals surface area (Å²) in [5.41, 5.74) is 0. The molecule has 0 amide bonds. The molecule has 0 saturated heterocycles. The van der Waals surface area contributed by atoms with Crippen molar-refractivity contribution < 1.29 is 23.8 Å². The summed E-state index contributed by atoms with van der Waals surface area (Å²) in [5, 5.41) is 0. The van der Waals surface area contributed by atoms with E-state index in [9.17, 15) is 9.59 Å². The van der Waals surface area contributed by atoms with Gasteiger partial charge in [0.1, 0.15) is 13.2 Å². The predicted molar refractivity (Wildman–Crippen MR) is 113 cm³/mol. The maximum absolute atomic E-state index is 11.5. The van der Waals surface area contributed by atoms with Crippen LogP contribution in [0.3, 0.4) is 0 Å². The molecule has 166 valence electrons. The Balaban J connectivity index is 3.25. The summed E-state index contributed by atoms with van der Waals surface area (Å²) < 4.78 is 15.1. The van der Waals surface area contributed by atoms with Crippen LogP contribution in [-0.4, -0.2) is 38.4 Å². The molecule has 0 aromatic carbocycles. The quantitative estimate of drug-likeness (QED) is 0.190. The van der Waals surface area contributed by atoms with E-state index in [1.807, 2.05) is 13.8 Å². The first kappa shape index (κ1) is 26.9. The minimum atomic E-state index is -0.446. The highest BCUT2D eigenvalue weighted by Gasteiger charge is 2.08. The van der Waals surface area contributed by atoms with Crippen LogP contribution in [0.25, 0.3) is 0 Å². The maximum atomic E-state index is 11.5. The third-order valence-corrected chi connectivity index (χ3v) is 4.53. The molecule has 0 spiro atoms. The lowest BCUT2D eigenvalue weighted by Gasteiger charge is -2.08. The fourth-order valence-corrected chi connectivity index (χ4v) is 2.87. The Labute approximate surface area is 172 Å². The van der Waals surface area contributed by atoms with E-state index in [0.717, 1.165) is 12.8 Å². The lowest BCUT2D eigenvalue weighted by atomic mass is 10.0. The second kappa shape index (κ2) is 20.6. The standard InChI is InChI=1S/C23H44O5/c1-4-5-6-7-8-9-10-11-12-13-14-15-16-17-27-22(24)19-26-20-23(25)28-18-21(2)3/h21H,4-20H2,1-3H3. The van der Waals surface area contributed by atoms with Crippen LogP contribution in [-0.2, 0) is 23.8 Å². The fraction of sp³-hybridized carbons (Fsp3) is 0.913. The van der Waals surface area contributed by atoms with E-state index in [2.05, 4.69) is 6.92 Å². The molecule has 5 nitrogen and oxygen atoms in total. The Morgan fingerprint density at radius 3 is 1.54 bits per heavy atom. The molecule has 0 unspecified atom stereocenters. The third kappa shape index (κ3) is 21.2. The number of hydrogen-bond acceptors (Lipinski definition) is 5. The van der Waals surface area contributed by atoms with E-state index in [0.29, 0.717) is 13.2 Å². The smallest absolute Gasteiger partial charge is 0.332 e. The molecule has 0 saturated carbocycles. The summed E-state index contributed by atoms with van der Waals surface area (Å²) in [6, 6.07) is 0. The summed E-state index contributed by atoms with van der Waals surface area (Å²) in [7, 11) is 0. The van der Waals surface area contributed by atoms with Crippen molar-refractivity contribution in [2.75, 3.05) is 26.4 Å². The van der Waals surface area contributed by atoms with Crippen molar-refractivity contribution in [2.45, 2.75) is 104 Å². The van der Waals surface area contributed by atoms with E-state index < -0.39 is 11.9 Å². The SMILES string of the molecule is CCCCCCCCCCCCCCCOC(=O)COCC(=O)OCC(C)C. The van der Waals surface area contributed by atoms with Gasteiger partial charge in [0.15, 0.2) is 0 Å². The zero-order chi connectivity index (χ0) is 20.9. The summed E-state index contributed by atoms with van der Waals surface area (Å²) in [4.78, 5) is 22.8. The van der Waals surface area contributed by atoms with Gasteiger partial charge in [-0.15, -0.1) is 0 Å². The number of esters is 2. The van der Waals surface area contributed by atoms with Gasteiger partial charge in [0.25, 0.3) is 0 Å². The molecule has 0 aromatic rings. The topological polar surface area (TPSA) is 61.8 Å². The zero-order valence-electron chi connectivity index (χ0n) is 18.6. The van der Waals surface area contributed by atoms with E-state index >= 15 is 0 Å². The summed E-state index contributed by atoms with van der Waals surface area (Å²) in [6.07, 6.45) is 16.8. The average Bonchev–Trinajstić information content (AvgIpc) is 2.66. The van der Waals surface area contributed by atoms with E-state index in [4.69, 9.17) is 14.2 Å². The Hall–Kier alpha value is -1.10. The first-order valence-electron chi connectivity index (χ1n) is 11.4. The highest BCUT2D eigenvalue weighted by Crippen LogP contribution is 2.12. The molecule has 28 heavy (non-hydrogen) atoms. The molecule has 0 aliphatic rings. The Kier molecular flexibility index (Phi) is 19.8. The molecule has 0 radical (unpaired) electrons. The van der Waals surface area contributed by atoms with Crippen molar-refractivity contribution in [2.24, 2.45) is 5.92 Å². The molecular formula is C23H44O5. The van der Waals surface area contributed by atoms with Crippen LogP contribution >= 0.6 is 0 Å². The van der Waals surface area contributed by atoms with Crippen molar-refractivity contribution in [3.63, 3.8) is 0 Å². The number of rotatable bonds is 20. The van der Waals surface area contributed by atoms with Gasteiger partial charge in [-0.05, 0) is 12.3 Å². The number of hydrogen-bond donors (Lipinski definition) is 0. The largest absolute Gasteiger partial charge is 0.464 e. The van der Waals surface area contributed by atoms with E-state index in [1.165, 1.54) is 70.6 Å². The van der Waals surface area contributed by atoms with Gasteiger partial charge in [-0.3, -0.25) is 0 Å². The molecule has 0 rings (SSSR count). The van der Waals surface area contributed by atoms with E-state index in [-0.39, 0.29) is 19.1 Å². The summed E-state index contributed by atoms with van der Waals surface area (Å²) in [6.45, 7) is 6.57. The highest BCUT2D eigenvalue weighted by atomic mass is 16.6. The lowest BCUT2D eigenvalue weighted by molar-refractivity contribution is -0.156. The Morgan fingerprint density at radius 2 is 1.07 bits per heavy atom. The predicted octanol–water partition coefficient (Wildman–Crippen LogP) is 5.84. The summed E-state index contributed by atoms with van der Waals surface area (Å²) in [5.74, 6) is -0.581. The molecule has 0 aliphatic heterocycles. The lowest BCUT2D eigenvalue weighted by Crippen LogP contribution is -2.20. The third-order valence-electron chi connectivity index (χ3n) is 4.53. The second-order valence-electron chi connectivity index (χ2n) is 8.03. The molecule has 0 aromatic heterocycles. The zero-order valence-corrected chi connectivity index (χ0v) is 18.6. The van der Waals surface area contributed by atoms with Gasteiger partial charge in [0.2, 0.25) is 0 Å². The van der Waals surface area contributed by atoms with Crippen LogP contribution in [0, 0.1) is 5.92 Å². The molecule has 0 heterocycles. The molecule has 0 atom stereocenters. The fourth-order valence-electron chi connectivity index (χ4n) is 2.87. The highest BCUT2D eigenvalue weighted by molar-refractivity contribution is 5.73. The maximum Gasteiger partial charge on any atom is 0.332 e. The Morgan fingerprint density at radius 1 is 0.643 bits per heavy atom. The van der Waals surface area contributed by atoms with Gasteiger partial charge in [0, 0.05) is 0 Å². The molecule has 0 aliphatic carbocycles. The monoisotopic (exact) mass is 400 g/mol. The number of ether oxygens (including phenoxy) is 3. The van der Waals surface area contributed by atoms with Crippen LogP contribution < -0.4 is 0 Å². The van der Waals surface area contributed by atoms with Crippen molar-refractivity contribution in [3.05, 3.63) is 0 Å². The van der Waals surface area contributed by atoms with Crippen LogP contribution in [0.5, 0.6) is 0 Å². The van der Waals surface area contributed by atoms with Crippen LogP contribution in [0.1, 0.15) is 104 Å². The van der Waals surface area contributed by atoms with Crippen molar-refractivity contribution in [1.29, 1.82) is 0 Å². The number of carbonyl (C=O) groups excluding carboxylic acids is 2. The minimum Gasteiger partial charge on any atom is -0.464 e. The Bertz CT molecular complexity index is 368. The first-order valence-corrected chi connectivity index (χ1v) is 11.4. The molecule has 0 N–H and O–H groups in total. The van der Waals surface area contributed by atoms with Crippen molar-refractivity contribution >= 4 is 11.9 Å². The van der Waals surface area contributed by atoms with Gasteiger partial charge < -0.3 is 14.2 Å². The first-order chi connectivity index (χ1) is 13.6. The molecular weight excluding hydrogens is 356 g/mol. The van der Waals surface area contributed by atoms with Gasteiger partial charge in [0.05, 0.1) is 13.2 Å². The normalized spacial score (nSPS) is 11.0. The van der Waals surface area contributed by atoms with Crippen LogP contribution in [0.2, 0.25) is 0 Å².